The van der Waals surface area contributed by atoms with Gasteiger partial charge in [-0.3, -0.25) is 9.36 Å². The highest BCUT2D eigenvalue weighted by atomic mass is 16.3. The molecule has 0 atom stereocenters. The SMILES string of the molecule is Cc1cc(CO)ccc1-c1ccn(-c2ccc3c4c(n(C)c3c2)CCCC4)c(=O)c1. The predicted molar refractivity (Wildman–Crippen MR) is 121 cm³/mol. The highest BCUT2D eigenvalue weighted by molar-refractivity contribution is 5.87. The van der Waals surface area contributed by atoms with Crippen molar-refractivity contribution in [3.05, 3.63) is 87.5 Å². The maximum Gasteiger partial charge on any atom is 0.255 e. The predicted octanol–water partition coefficient (Wildman–Crippen LogP) is 4.68. The van der Waals surface area contributed by atoms with Gasteiger partial charge in [-0.05, 0) is 78.6 Å². The summed E-state index contributed by atoms with van der Waals surface area (Å²) in [5.74, 6) is 0. The van der Waals surface area contributed by atoms with E-state index in [1.165, 1.54) is 35.0 Å². The number of pyridine rings is 1. The minimum atomic E-state index is -0.0449. The van der Waals surface area contributed by atoms with Crippen LogP contribution in [0.1, 0.15) is 35.2 Å². The third kappa shape index (κ3) is 2.99. The summed E-state index contributed by atoms with van der Waals surface area (Å²) in [5, 5.41) is 10.6. The molecule has 0 saturated carbocycles. The highest BCUT2D eigenvalue weighted by Crippen LogP contribution is 2.32. The van der Waals surface area contributed by atoms with Gasteiger partial charge in [0.2, 0.25) is 0 Å². The van der Waals surface area contributed by atoms with Gasteiger partial charge in [0.15, 0.2) is 0 Å². The summed E-state index contributed by atoms with van der Waals surface area (Å²) in [6.07, 6.45) is 6.66. The molecular weight excluding hydrogens is 372 g/mol. The standard InChI is InChI=1S/C26H26N2O2/c1-17-13-18(16-29)7-9-21(17)19-11-12-28(26(30)14-19)20-8-10-23-22-5-3-4-6-24(22)27(2)25(23)15-20/h7-15,29H,3-6,16H2,1-2H3. The van der Waals surface area contributed by atoms with Crippen molar-refractivity contribution in [3.8, 4) is 16.8 Å². The van der Waals surface area contributed by atoms with Crippen molar-refractivity contribution in [2.24, 2.45) is 7.05 Å². The Morgan fingerprint density at radius 3 is 2.60 bits per heavy atom. The van der Waals surface area contributed by atoms with Crippen LogP contribution in [0, 0.1) is 6.92 Å². The van der Waals surface area contributed by atoms with E-state index >= 15 is 0 Å². The highest BCUT2D eigenvalue weighted by Gasteiger charge is 2.18. The summed E-state index contributed by atoms with van der Waals surface area (Å²) >= 11 is 0. The number of rotatable bonds is 3. The first-order chi connectivity index (χ1) is 14.6. The Morgan fingerprint density at radius 2 is 1.83 bits per heavy atom. The Bertz CT molecular complexity index is 1330. The second-order valence-corrected chi connectivity index (χ2v) is 8.32. The van der Waals surface area contributed by atoms with Crippen LogP contribution < -0.4 is 5.56 Å². The van der Waals surface area contributed by atoms with E-state index < -0.39 is 0 Å². The van der Waals surface area contributed by atoms with Crippen LogP contribution in [0.25, 0.3) is 27.7 Å². The molecule has 0 bridgehead atoms. The molecule has 0 unspecified atom stereocenters. The molecule has 30 heavy (non-hydrogen) atoms. The molecule has 1 N–H and O–H groups in total. The normalized spacial score (nSPS) is 13.6. The number of hydrogen-bond acceptors (Lipinski definition) is 2. The van der Waals surface area contributed by atoms with Gasteiger partial charge >= 0.3 is 0 Å². The van der Waals surface area contributed by atoms with Crippen LogP contribution in [0.4, 0.5) is 0 Å². The topological polar surface area (TPSA) is 47.2 Å². The molecule has 4 heteroatoms. The van der Waals surface area contributed by atoms with E-state index in [1.54, 1.807) is 10.6 Å². The maximum absolute atomic E-state index is 13.0. The van der Waals surface area contributed by atoms with Crippen LogP contribution in [0.3, 0.4) is 0 Å². The molecule has 0 amide bonds. The van der Waals surface area contributed by atoms with E-state index in [2.05, 4.69) is 29.8 Å². The van der Waals surface area contributed by atoms with Gasteiger partial charge in [-0.25, -0.2) is 0 Å². The first-order valence-electron chi connectivity index (χ1n) is 10.6. The van der Waals surface area contributed by atoms with E-state index in [0.29, 0.717) is 0 Å². The van der Waals surface area contributed by atoms with Crippen molar-refractivity contribution in [1.82, 2.24) is 9.13 Å². The molecule has 0 fully saturated rings. The van der Waals surface area contributed by atoms with Gasteiger partial charge in [-0.15, -0.1) is 0 Å². The Hall–Kier alpha value is -3.11. The zero-order chi connectivity index (χ0) is 20.8. The minimum Gasteiger partial charge on any atom is -0.392 e. The lowest BCUT2D eigenvalue weighted by molar-refractivity contribution is 0.282. The van der Waals surface area contributed by atoms with Crippen molar-refractivity contribution in [1.29, 1.82) is 0 Å². The van der Waals surface area contributed by atoms with Crippen molar-refractivity contribution in [2.45, 2.75) is 39.2 Å². The van der Waals surface area contributed by atoms with Gasteiger partial charge in [-0.1, -0.05) is 24.3 Å². The molecule has 0 aliphatic heterocycles. The molecule has 5 rings (SSSR count). The lowest BCUT2D eigenvalue weighted by Crippen LogP contribution is -2.16. The molecule has 0 saturated heterocycles. The molecule has 2 heterocycles. The van der Waals surface area contributed by atoms with Crippen LogP contribution in [0.15, 0.2) is 59.5 Å². The first kappa shape index (κ1) is 18.9. The van der Waals surface area contributed by atoms with E-state index in [-0.39, 0.29) is 12.2 Å². The lowest BCUT2D eigenvalue weighted by Gasteiger charge is -2.12. The fourth-order valence-electron chi connectivity index (χ4n) is 4.91. The van der Waals surface area contributed by atoms with Crippen LogP contribution >= 0.6 is 0 Å². The molecule has 2 aromatic heterocycles. The molecule has 1 aliphatic rings. The number of benzene rings is 2. The first-order valence-corrected chi connectivity index (χ1v) is 10.6. The third-order valence-corrected chi connectivity index (χ3v) is 6.49. The average molecular weight is 399 g/mol. The van der Waals surface area contributed by atoms with E-state index in [1.807, 2.05) is 37.4 Å². The number of aliphatic hydroxyl groups is 1. The van der Waals surface area contributed by atoms with Crippen LogP contribution in [0.2, 0.25) is 0 Å². The molecule has 0 radical (unpaired) electrons. The van der Waals surface area contributed by atoms with Gasteiger partial charge in [0.1, 0.15) is 0 Å². The van der Waals surface area contributed by atoms with Crippen molar-refractivity contribution in [3.63, 3.8) is 0 Å². The summed E-state index contributed by atoms with van der Waals surface area (Å²) in [6, 6.07) is 15.9. The molecule has 2 aromatic carbocycles. The number of aryl methyl sites for hydroxylation is 3. The van der Waals surface area contributed by atoms with Crippen LogP contribution in [-0.4, -0.2) is 14.2 Å². The van der Waals surface area contributed by atoms with E-state index in [4.69, 9.17) is 0 Å². The van der Waals surface area contributed by atoms with Gasteiger partial charge < -0.3 is 9.67 Å². The summed E-state index contributed by atoms with van der Waals surface area (Å²) in [7, 11) is 2.14. The lowest BCUT2D eigenvalue weighted by atomic mass is 9.95. The van der Waals surface area contributed by atoms with Crippen molar-refractivity contribution >= 4 is 10.9 Å². The summed E-state index contributed by atoms with van der Waals surface area (Å²) in [5.41, 5.74) is 8.81. The van der Waals surface area contributed by atoms with Gasteiger partial charge in [0, 0.05) is 30.4 Å². The molecule has 152 valence electrons. The Balaban J connectivity index is 1.57. The fourth-order valence-corrected chi connectivity index (χ4v) is 4.91. The van der Waals surface area contributed by atoms with Crippen molar-refractivity contribution in [2.75, 3.05) is 0 Å². The van der Waals surface area contributed by atoms with Crippen LogP contribution in [0.5, 0.6) is 0 Å². The van der Waals surface area contributed by atoms with E-state index in [9.17, 15) is 9.90 Å². The average Bonchev–Trinajstić information content (AvgIpc) is 3.05. The van der Waals surface area contributed by atoms with Gasteiger partial charge in [0.25, 0.3) is 5.56 Å². The second-order valence-electron chi connectivity index (χ2n) is 8.32. The number of aliphatic hydroxyl groups excluding tert-OH is 1. The Kier molecular flexibility index (Phi) is 4.59. The van der Waals surface area contributed by atoms with Crippen molar-refractivity contribution < 1.29 is 5.11 Å². The fraction of sp³-hybridized carbons (Fsp3) is 0.269. The number of aromatic nitrogens is 2. The van der Waals surface area contributed by atoms with Gasteiger partial charge in [-0.2, -0.15) is 0 Å². The number of nitrogens with zero attached hydrogens (tertiary/aromatic N) is 2. The summed E-state index contributed by atoms with van der Waals surface area (Å²) in [4.78, 5) is 13.0. The smallest absolute Gasteiger partial charge is 0.255 e. The summed E-state index contributed by atoms with van der Waals surface area (Å²) in [6.45, 7) is 2.03. The minimum absolute atomic E-state index is 0.0216. The third-order valence-electron chi connectivity index (χ3n) is 6.49. The molecule has 4 aromatic rings. The number of fused-ring (bicyclic) bond motifs is 3. The molecular formula is C26H26N2O2. The molecule has 1 aliphatic carbocycles. The maximum atomic E-state index is 13.0. The quantitative estimate of drug-likeness (QED) is 0.545. The van der Waals surface area contributed by atoms with Gasteiger partial charge in [0.05, 0.1) is 17.8 Å². The Morgan fingerprint density at radius 1 is 1.00 bits per heavy atom. The monoisotopic (exact) mass is 398 g/mol. The summed E-state index contributed by atoms with van der Waals surface area (Å²) < 4.78 is 4.02. The zero-order valence-corrected chi connectivity index (χ0v) is 17.5. The Labute approximate surface area is 176 Å². The number of hydrogen-bond donors (Lipinski definition) is 1. The largest absolute Gasteiger partial charge is 0.392 e. The van der Waals surface area contributed by atoms with E-state index in [0.717, 1.165) is 40.8 Å². The zero-order valence-electron chi connectivity index (χ0n) is 17.5. The molecule has 0 spiro atoms. The van der Waals surface area contributed by atoms with Crippen LogP contribution in [-0.2, 0) is 26.5 Å². The second kappa shape index (κ2) is 7.29. The molecule has 4 nitrogen and oxygen atoms in total.